The van der Waals surface area contributed by atoms with Gasteiger partial charge in [-0.2, -0.15) is 0 Å². The minimum Gasteiger partial charge on any atom is -0.496 e. The second-order valence-corrected chi connectivity index (χ2v) is 2.82. The number of nitrogens with zero attached hydrogens (tertiary/aromatic N) is 1. The molecule has 0 unspecified atom stereocenters. The lowest BCUT2D eigenvalue weighted by molar-refractivity contribution is 0.0595. The lowest BCUT2D eigenvalue weighted by atomic mass is 10.2. The highest BCUT2D eigenvalue weighted by molar-refractivity contribution is 5.93. The van der Waals surface area contributed by atoms with Crippen LogP contribution in [0.3, 0.4) is 0 Å². The van der Waals surface area contributed by atoms with Crippen LogP contribution in [0.1, 0.15) is 16.1 Å². The molecular weight excluding hydrogens is 198 g/mol. The van der Waals surface area contributed by atoms with Gasteiger partial charge in [-0.15, -0.1) is 0 Å². The van der Waals surface area contributed by atoms with Gasteiger partial charge in [-0.1, -0.05) is 0 Å². The molecule has 0 saturated carbocycles. The maximum Gasteiger partial charge on any atom is 0.343 e. The van der Waals surface area contributed by atoms with Crippen molar-refractivity contribution in [3.63, 3.8) is 0 Å². The van der Waals surface area contributed by atoms with E-state index >= 15 is 0 Å². The summed E-state index contributed by atoms with van der Waals surface area (Å²) in [5.74, 6) is 0.322. The van der Waals surface area contributed by atoms with Crippen molar-refractivity contribution in [1.82, 2.24) is 4.98 Å². The van der Waals surface area contributed by atoms with Crippen molar-refractivity contribution in [1.29, 1.82) is 0 Å². The molecule has 0 fully saturated rings. The summed E-state index contributed by atoms with van der Waals surface area (Å²) in [5.41, 5.74) is 0.832. The van der Waals surface area contributed by atoms with Crippen molar-refractivity contribution in [2.75, 3.05) is 21.3 Å². The molecule has 1 aromatic heterocycles. The molecule has 15 heavy (non-hydrogen) atoms. The van der Waals surface area contributed by atoms with Gasteiger partial charge in [-0.25, -0.2) is 9.78 Å². The van der Waals surface area contributed by atoms with E-state index in [0.29, 0.717) is 22.9 Å². The first-order valence-corrected chi connectivity index (χ1v) is 4.32. The zero-order valence-electron chi connectivity index (χ0n) is 9.16. The van der Waals surface area contributed by atoms with Gasteiger partial charge >= 0.3 is 5.97 Å². The summed E-state index contributed by atoms with van der Waals surface area (Å²) < 4.78 is 14.7. The predicted molar refractivity (Wildman–Crippen MR) is 53.4 cm³/mol. The first kappa shape index (κ1) is 11.3. The number of aromatic nitrogens is 1. The minimum atomic E-state index is -0.473. The zero-order valence-corrected chi connectivity index (χ0v) is 9.16. The number of hydrogen-bond acceptors (Lipinski definition) is 5. The minimum absolute atomic E-state index is 0.320. The van der Waals surface area contributed by atoms with Crippen LogP contribution in [0.25, 0.3) is 0 Å². The molecule has 82 valence electrons. The number of carbonyl (C=O) groups excluding carboxylic acids is 1. The number of methoxy groups -OCH3 is 3. The topological polar surface area (TPSA) is 57.7 Å². The van der Waals surface area contributed by atoms with Gasteiger partial charge in [0.2, 0.25) is 5.88 Å². The van der Waals surface area contributed by atoms with Gasteiger partial charge in [-0.05, 0) is 6.92 Å². The molecule has 0 aliphatic carbocycles. The van der Waals surface area contributed by atoms with Crippen molar-refractivity contribution in [2.45, 2.75) is 6.92 Å². The molecule has 5 nitrogen and oxygen atoms in total. The first-order chi connectivity index (χ1) is 7.13. The fraction of sp³-hybridized carbons (Fsp3) is 0.400. The fourth-order valence-electron chi connectivity index (χ4n) is 1.23. The first-order valence-electron chi connectivity index (χ1n) is 4.32. The molecule has 1 heterocycles. The van der Waals surface area contributed by atoms with Crippen LogP contribution >= 0.6 is 0 Å². The molecule has 1 aromatic rings. The third kappa shape index (κ3) is 2.18. The average Bonchev–Trinajstić information content (AvgIpc) is 2.26. The summed E-state index contributed by atoms with van der Waals surface area (Å²) in [6, 6.07) is 1.54. The van der Waals surface area contributed by atoms with E-state index in [1.54, 1.807) is 13.0 Å². The van der Waals surface area contributed by atoms with E-state index in [4.69, 9.17) is 9.47 Å². The fourth-order valence-corrected chi connectivity index (χ4v) is 1.23. The van der Waals surface area contributed by atoms with Crippen LogP contribution in [-0.2, 0) is 4.74 Å². The SMILES string of the molecule is COC(=O)c1c(OC)cc(OC)nc1C. The second kappa shape index (κ2) is 4.63. The number of hydrogen-bond donors (Lipinski definition) is 0. The third-order valence-corrected chi connectivity index (χ3v) is 1.96. The Morgan fingerprint density at radius 1 is 1.27 bits per heavy atom. The Bertz CT molecular complexity index is 376. The molecular formula is C10H13NO4. The highest BCUT2D eigenvalue weighted by Crippen LogP contribution is 2.25. The van der Waals surface area contributed by atoms with Crippen molar-refractivity contribution in [3.8, 4) is 11.6 Å². The van der Waals surface area contributed by atoms with E-state index in [0.717, 1.165) is 0 Å². The largest absolute Gasteiger partial charge is 0.496 e. The summed E-state index contributed by atoms with van der Waals surface area (Å²) in [7, 11) is 4.28. The molecule has 1 rings (SSSR count). The van der Waals surface area contributed by atoms with Crippen LogP contribution in [0.5, 0.6) is 11.6 Å². The number of carbonyl (C=O) groups is 1. The van der Waals surface area contributed by atoms with Gasteiger partial charge in [0.05, 0.1) is 27.0 Å². The van der Waals surface area contributed by atoms with Gasteiger partial charge in [0.15, 0.2) is 0 Å². The Balaban J connectivity index is 3.30. The summed E-state index contributed by atoms with van der Waals surface area (Å²) in [6.07, 6.45) is 0. The van der Waals surface area contributed by atoms with Crippen molar-refractivity contribution in [3.05, 3.63) is 17.3 Å². The molecule has 0 atom stereocenters. The van der Waals surface area contributed by atoms with Crippen molar-refractivity contribution >= 4 is 5.97 Å². The highest BCUT2D eigenvalue weighted by atomic mass is 16.5. The number of aryl methyl sites for hydroxylation is 1. The molecule has 0 radical (unpaired) electrons. The van der Waals surface area contributed by atoms with Crippen LogP contribution in [-0.4, -0.2) is 32.3 Å². The summed E-state index contributed by atoms with van der Waals surface area (Å²) in [6.45, 7) is 1.69. The summed E-state index contributed by atoms with van der Waals surface area (Å²) >= 11 is 0. The Hall–Kier alpha value is -1.78. The Labute approximate surface area is 88.0 Å². The molecule has 0 N–H and O–H groups in total. The Morgan fingerprint density at radius 2 is 1.93 bits per heavy atom. The lowest BCUT2D eigenvalue weighted by Crippen LogP contribution is -2.08. The number of rotatable bonds is 3. The van der Waals surface area contributed by atoms with E-state index in [9.17, 15) is 4.79 Å². The highest BCUT2D eigenvalue weighted by Gasteiger charge is 2.18. The lowest BCUT2D eigenvalue weighted by Gasteiger charge is -2.10. The van der Waals surface area contributed by atoms with E-state index in [2.05, 4.69) is 9.72 Å². The van der Waals surface area contributed by atoms with Crippen LogP contribution in [0, 0.1) is 6.92 Å². The summed E-state index contributed by atoms with van der Waals surface area (Å²) in [5, 5.41) is 0. The maximum absolute atomic E-state index is 11.4. The average molecular weight is 211 g/mol. The molecule has 0 aliphatic rings. The Kier molecular flexibility index (Phi) is 3.49. The second-order valence-electron chi connectivity index (χ2n) is 2.82. The molecule has 0 amide bonds. The van der Waals surface area contributed by atoms with Crippen LogP contribution in [0.2, 0.25) is 0 Å². The smallest absolute Gasteiger partial charge is 0.343 e. The number of pyridine rings is 1. The van der Waals surface area contributed by atoms with Crippen LogP contribution in [0.15, 0.2) is 6.07 Å². The quantitative estimate of drug-likeness (QED) is 0.703. The standard InChI is InChI=1S/C10H13NO4/c1-6-9(10(12)15-4)7(13-2)5-8(11-6)14-3/h5H,1-4H3. The van der Waals surface area contributed by atoms with E-state index in [-0.39, 0.29) is 0 Å². The monoisotopic (exact) mass is 211 g/mol. The van der Waals surface area contributed by atoms with E-state index in [1.807, 2.05) is 0 Å². The van der Waals surface area contributed by atoms with E-state index in [1.165, 1.54) is 21.3 Å². The van der Waals surface area contributed by atoms with Crippen molar-refractivity contribution in [2.24, 2.45) is 0 Å². The molecule has 0 aromatic carbocycles. The third-order valence-electron chi connectivity index (χ3n) is 1.96. The van der Waals surface area contributed by atoms with Gasteiger partial charge in [0, 0.05) is 6.07 Å². The maximum atomic E-state index is 11.4. The number of ether oxygens (including phenoxy) is 3. The molecule has 0 saturated heterocycles. The zero-order chi connectivity index (χ0) is 11.4. The Morgan fingerprint density at radius 3 is 2.40 bits per heavy atom. The molecule has 0 aliphatic heterocycles. The molecule has 5 heteroatoms. The van der Waals surface area contributed by atoms with Gasteiger partial charge in [0.1, 0.15) is 11.3 Å². The normalized spacial score (nSPS) is 9.60. The van der Waals surface area contributed by atoms with Crippen LogP contribution in [0.4, 0.5) is 0 Å². The van der Waals surface area contributed by atoms with E-state index < -0.39 is 5.97 Å². The van der Waals surface area contributed by atoms with Crippen LogP contribution < -0.4 is 9.47 Å². The van der Waals surface area contributed by atoms with Crippen molar-refractivity contribution < 1.29 is 19.0 Å². The molecule has 0 bridgehead atoms. The number of esters is 1. The predicted octanol–water partition coefficient (Wildman–Crippen LogP) is 1.19. The van der Waals surface area contributed by atoms with Gasteiger partial charge < -0.3 is 14.2 Å². The van der Waals surface area contributed by atoms with Gasteiger partial charge in [0.25, 0.3) is 0 Å². The summed E-state index contributed by atoms with van der Waals surface area (Å²) in [4.78, 5) is 15.5. The molecule has 0 spiro atoms. The van der Waals surface area contributed by atoms with Gasteiger partial charge in [-0.3, -0.25) is 0 Å².